The van der Waals surface area contributed by atoms with E-state index >= 15 is 0 Å². The van der Waals surface area contributed by atoms with Gasteiger partial charge in [-0.25, -0.2) is 9.97 Å². The highest BCUT2D eigenvalue weighted by Gasteiger charge is 2.14. The number of nitrogens with zero attached hydrogens (tertiary/aromatic N) is 3. The monoisotopic (exact) mass is 292 g/mol. The second-order valence-corrected chi connectivity index (χ2v) is 5.91. The molecule has 0 aliphatic rings. The van der Waals surface area contributed by atoms with Gasteiger partial charge in [-0.05, 0) is 24.0 Å². The lowest BCUT2D eigenvalue weighted by atomic mass is 10.1. The summed E-state index contributed by atoms with van der Waals surface area (Å²) in [7, 11) is 0. The fourth-order valence-electron chi connectivity index (χ4n) is 2.37. The molecular weight excluding hydrogens is 270 g/mol. The van der Waals surface area contributed by atoms with Crippen LogP contribution in [0.15, 0.2) is 30.6 Å². The van der Waals surface area contributed by atoms with Crippen LogP contribution in [0.3, 0.4) is 0 Å². The Hall–Kier alpha value is -1.35. The standard InChI is InChI=1S/C16H23N3.ClH/c1-12(2)9-19(10-13(3)4)16-14-7-5-6-8-15(14)17-11-18-16;/h5-8,11-13H,9-10H2,1-4H3;1H/p-1. The number of benzene rings is 1. The van der Waals surface area contributed by atoms with Gasteiger partial charge >= 0.3 is 0 Å². The zero-order valence-corrected chi connectivity index (χ0v) is 13.4. The molecule has 0 fully saturated rings. The van der Waals surface area contributed by atoms with Crippen LogP contribution in [-0.4, -0.2) is 23.1 Å². The van der Waals surface area contributed by atoms with Crippen molar-refractivity contribution in [3.05, 3.63) is 30.6 Å². The molecular formula is C16H23ClN3-. The van der Waals surface area contributed by atoms with Gasteiger partial charge in [0.1, 0.15) is 12.1 Å². The SMILES string of the molecule is CC(C)CN(CC(C)C)c1ncnc2ccccc12.[Cl-]. The lowest BCUT2D eigenvalue weighted by molar-refractivity contribution is -0.00000442. The van der Waals surface area contributed by atoms with Crippen LogP contribution >= 0.6 is 0 Å². The van der Waals surface area contributed by atoms with Gasteiger partial charge in [0.25, 0.3) is 0 Å². The van der Waals surface area contributed by atoms with Crippen molar-refractivity contribution in [1.29, 1.82) is 0 Å². The minimum Gasteiger partial charge on any atom is -1.00 e. The van der Waals surface area contributed by atoms with E-state index in [-0.39, 0.29) is 12.4 Å². The number of hydrogen-bond acceptors (Lipinski definition) is 3. The number of halogens is 1. The summed E-state index contributed by atoms with van der Waals surface area (Å²) in [5.41, 5.74) is 1.02. The number of hydrogen-bond donors (Lipinski definition) is 0. The predicted octanol–water partition coefficient (Wildman–Crippen LogP) is 0.752. The van der Waals surface area contributed by atoms with Gasteiger partial charge in [0.2, 0.25) is 0 Å². The van der Waals surface area contributed by atoms with Crippen LogP contribution in [0.5, 0.6) is 0 Å². The quantitative estimate of drug-likeness (QED) is 0.814. The molecule has 1 heterocycles. The Bertz CT molecular complexity index is 525. The van der Waals surface area contributed by atoms with E-state index in [0.717, 1.165) is 29.8 Å². The maximum Gasteiger partial charge on any atom is 0.139 e. The van der Waals surface area contributed by atoms with Gasteiger partial charge in [0.15, 0.2) is 0 Å². The number of fused-ring (bicyclic) bond motifs is 1. The molecule has 0 radical (unpaired) electrons. The van der Waals surface area contributed by atoms with E-state index in [0.29, 0.717) is 11.8 Å². The molecule has 0 saturated carbocycles. The third-order valence-corrected chi connectivity index (χ3v) is 2.99. The maximum absolute atomic E-state index is 4.53. The zero-order chi connectivity index (χ0) is 13.8. The van der Waals surface area contributed by atoms with Crippen molar-refractivity contribution >= 4 is 16.7 Å². The zero-order valence-electron chi connectivity index (χ0n) is 12.7. The Balaban J connectivity index is 0.00000200. The normalized spacial score (nSPS) is 10.9. The Kier molecular flexibility index (Phi) is 6.21. The van der Waals surface area contributed by atoms with Crippen molar-refractivity contribution in [2.45, 2.75) is 27.7 Å². The van der Waals surface area contributed by atoms with Crippen LogP contribution in [-0.2, 0) is 0 Å². The first-order chi connectivity index (χ1) is 9.08. The van der Waals surface area contributed by atoms with Gasteiger partial charge in [0, 0.05) is 18.5 Å². The van der Waals surface area contributed by atoms with E-state index in [9.17, 15) is 0 Å². The van der Waals surface area contributed by atoms with E-state index in [2.05, 4.69) is 54.7 Å². The average Bonchev–Trinajstić information content (AvgIpc) is 2.36. The minimum absolute atomic E-state index is 0. The minimum atomic E-state index is 0. The molecule has 1 aromatic carbocycles. The predicted molar refractivity (Wildman–Crippen MR) is 81.4 cm³/mol. The number of anilines is 1. The third kappa shape index (κ3) is 4.07. The number of para-hydroxylation sites is 1. The topological polar surface area (TPSA) is 29.0 Å². The van der Waals surface area contributed by atoms with Gasteiger partial charge in [-0.3, -0.25) is 0 Å². The fraction of sp³-hybridized carbons (Fsp3) is 0.500. The summed E-state index contributed by atoms with van der Waals surface area (Å²) in [6.07, 6.45) is 1.67. The first kappa shape index (κ1) is 16.7. The molecule has 0 aliphatic heterocycles. The summed E-state index contributed by atoms with van der Waals surface area (Å²) in [5, 5.41) is 1.14. The second-order valence-electron chi connectivity index (χ2n) is 5.91. The van der Waals surface area contributed by atoms with E-state index in [4.69, 9.17) is 0 Å². The van der Waals surface area contributed by atoms with E-state index in [1.165, 1.54) is 0 Å². The maximum atomic E-state index is 4.53. The molecule has 3 nitrogen and oxygen atoms in total. The summed E-state index contributed by atoms with van der Waals surface area (Å²) in [4.78, 5) is 11.3. The summed E-state index contributed by atoms with van der Waals surface area (Å²) >= 11 is 0. The van der Waals surface area contributed by atoms with Gasteiger partial charge in [-0.1, -0.05) is 39.8 Å². The molecule has 0 N–H and O–H groups in total. The molecule has 2 rings (SSSR count). The summed E-state index contributed by atoms with van der Waals surface area (Å²) < 4.78 is 0. The smallest absolute Gasteiger partial charge is 0.139 e. The molecule has 0 amide bonds. The molecule has 2 aromatic rings. The van der Waals surface area contributed by atoms with Crippen LogP contribution in [0.1, 0.15) is 27.7 Å². The molecule has 0 atom stereocenters. The number of rotatable bonds is 5. The van der Waals surface area contributed by atoms with Crippen LogP contribution in [0.2, 0.25) is 0 Å². The molecule has 1 aromatic heterocycles. The lowest BCUT2D eigenvalue weighted by Crippen LogP contribution is -3.00. The van der Waals surface area contributed by atoms with E-state index in [1.54, 1.807) is 6.33 Å². The molecule has 0 unspecified atom stereocenters. The highest BCUT2D eigenvalue weighted by atomic mass is 35.5. The van der Waals surface area contributed by atoms with Gasteiger partial charge in [0.05, 0.1) is 5.52 Å². The molecule has 110 valence electrons. The van der Waals surface area contributed by atoms with Crippen molar-refractivity contribution in [1.82, 2.24) is 9.97 Å². The van der Waals surface area contributed by atoms with Crippen LogP contribution in [0.4, 0.5) is 5.82 Å². The Labute approximate surface area is 127 Å². The van der Waals surface area contributed by atoms with Crippen molar-refractivity contribution in [3.63, 3.8) is 0 Å². The summed E-state index contributed by atoms with van der Waals surface area (Å²) in [6.45, 7) is 11.0. The van der Waals surface area contributed by atoms with Gasteiger partial charge in [-0.2, -0.15) is 0 Å². The number of aromatic nitrogens is 2. The van der Waals surface area contributed by atoms with Gasteiger partial charge in [-0.15, -0.1) is 0 Å². The van der Waals surface area contributed by atoms with Gasteiger partial charge < -0.3 is 17.3 Å². The van der Waals surface area contributed by atoms with Crippen LogP contribution in [0.25, 0.3) is 10.9 Å². The Morgan fingerprint density at radius 2 is 1.55 bits per heavy atom. The van der Waals surface area contributed by atoms with Crippen LogP contribution < -0.4 is 17.3 Å². The molecule has 0 aliphatic carbocycles. The molecule has 20 heavy (non-hydrogen) atoms. The highest BCUT2D eigenvalue weighted by molar-refractivity contribution is 5.89. The second kappa shape index (κ2) is 7.44. The third-order valence-electron chi connectivity index (χ3n) is 2.99. The van der Waals surface area contributed by atoms with Crippen molar-refractivity contribution in [2.24, 2.45) is 11.8 Å². The van der Waals surface area contributed by atoms with E-state index in [1.807, 2.05) is 12.1 Å². The van der Waals surface area contributed by atoms with Crippen LogP contribution in [0, 0.1) is 11.8 Å². The highest BCUT2D eigenvalue weighted by Crippen LogP contribution is 2.24. The first-order valence-corrected chi connectivity index (χ1v) is 7.02. The summed E-state index contributed by atoms with van der Waals surface area (Å²) in [5.74, 6) is 2.30. The Morgan fingerprint density at radius 3 is 2.15 bits per heavy atom. The molecule has 0 bridgehead atoms. The lowest BCUT2D eigenvalue weighted by Gasteiger charge is -2.28. The largest absolute Gasteiger partial charge is 1.00 e. The first-order valence-electron chi connectivity index (χ1n) is 7.02. The molecule has 0 saturated heterocycles. The average molecular weight is 293 g/mol. The van der Waals surface area contributed by atoms with E-state index < -0.39 is 0 Å². The summed E-state index contributed by atoms with van der Waals surface area (Å²) in [6, 6.07) is 8.23. The fourth-order valence-corrected chi connectivity index (χ4v) is 2.37. The van der Waals surface area contributed by atoms with Crippen molar-refractivity contribution in [3.8, 4) is 0 Å². The van der Waals surface area contributed by atoms with Crippen molar-refractivity contribution < 1.29 is 12.4 Å². The molecule has 0 spiro atoms. The Morgan fingerprint density at radius 1 is 0.950 bits per heavy atom. The van der Waals surface area contributed by atoms with Crippen molar-refractivity contribution in [2.75, 3.05) is 18.0 Å². The molecule has 4 heteroatoms.